The van der Waals surface area contributed by atoms with Gasteiger partial charge in [0.2, 0.25) is 0 Å². The standard InChI is InChI=1S/C13H25N3O4/c1-10(16(2)3)8-14-12(19)15-9-13(11(17)18)4-6-20-7-5-13/h10H,4-9H2,1-3H3,(H,17,18)(H2,14,15,19). The normalized spacial score (nSPS) is 19.4. The zero-order valence-electron chi connectivity index (χ0n) is 12.4. The fraction of sp³-hybridized carbons (Fsp3) is 0.846. The highest BCUT2D eigenvalue weighted by atomic mass is 16.5. The minimum Gasteiger partial charge on any atom is -0.481 e. The number of amides is 2. The average Bonchev–Trinajstić information content (AvgIpc) is 2.43. The van der Waals surface area contributed by atoms with Gasteiger partial charge in [0.25, 0.3) is 0 Å². The van der Waals surface area contributed by atoms with E-state index in [1.165, 1.54) is 0 Å². The zero-order valence-corrected chi connectivity index (χ0v) is 12.4. The monoisotopic (exact) mass is 287 g/mol. The van der Waals surface area contributed by atoms with E-state index in [0.29, 0.717) is 32.6 Å². The van der Waals surface area contributed by atoms with E-state index in [-0.39, 0.29) is 18.6 Å². The lowest BCUT2D eigenvalue weighted by Gasteiger charge is -2.33. The van der Waals surface area contributed by atoms with Crippen LogP contribution in [0.15, 0.2) is 0 Å². The van der Waals surface area contributed by atoms with Gasteiger partial charge in [-0.25, -0.2) is 4.79 Å². The molecule has 1 aliphatic rings. The first-order chi connectivity index (χ1) is 9.37. The van der Waals surface area contributed by atoms with Gasteiger partial charge in [-0.2, -0.15) is 0 Å². The highest BCUT2D eigenvalue weighted by Gasteiger charge is 2.40. The maximum Gasteiger partial charge on any atom is 0.314 e. The Bertz CT molecular complexity index is 341. The summed E-state index contributed by atoms with van der Waals surface area (Å²) in [7, 11) is 3.87. The Labute approximate surface area is 119 Å². The molecule has 20 heavy (non-hydrogen) atoms. The molecule has 7 nitrogen and oxygen atoms in total. The van der Waals surface area contributed by atoms with Gasteiger partial charge in [0.05, 0.1) is 5.41 Å². The second kappa shape index (κ2) is 7.44. The maximum atomic E-state index is 11.7. The van der Waals surface area contributed by atoms with Crippen molar-refractivity contribution < 1.29 is 19.4 Å². The van der Waals surface area contributed by atoms with Gasteiger partial charge in [0, 0.05) is 32.3 Å². The summed E-state index contributed by atoms with van der Waals surface area (Å²) in [6, 6.07) is -0.108. The van der Waals surface area contributed by atoms with Crippen molar-refractivity contribution >= 4 is 12.0 Å². The number of aliphatic carboxylic acids is 1. The third-order valence-corrected chi connectivity index (χ3v) is 3.93. The van der Waals surface area contributed by atoms with Gasteiger partial charge >= 0.3 is 12.0 Å². The van der Waals surface area contributed by atoms with Crippen molar-refractivity contribution in [3.63, 3.8) is 0 Å². The molecule has 0 spiro atoms. The van der Waals surface area contributed by atoms with Crippen LogP contribution in [0.2, 0.25) is 0 Å². The van der Waals surface area contributed by atoms with Gasteiger partial charge in [-0.1, -0.05) is 0 Å². The summed E-state index contributed by atoms with van der Waals surface area (Å²) in [6.45, 7) is 3.49. The van der Waals surface area contributed by atoms with Crippen LogP contribution in [0.25, 0.3) is 0 Å². The number of likely N-dealkylation sites (N-methyl/N-ethyl adjacent to an activating group) is 1. The van der Waals surface area contributed by atoms with Gasteiger partial charge < -0.3 is 25.4 Å². The molecular formula is C13H25N3O4. The molecule has 1 unspecified atom stereocenters. The summed E-state index contributed by atoms with van der Waals surface area (Å²) in [4.78, 5) is 25.1. The van der Waals surface area contributed by atoms with Crippen LogP contribution in [0.5, 0.6) is 0 Å². The number of carboxylic acid groups (broad SMARTS) is 1. The van der Waals surface area contributed by atoms with Crippen molar-refractivity contribution in [1.29, 1.82) is 0 Å². The van der Waals surface area contributed by atoms with Crippen LogP contribution in [-0.2, 0) is 9.53 Å². The molecular weight excluding hydrogens is 262 g/mol. The number of ether oxygens (including phenoxy) is 1. The minimum absolute atomic E-state index is 0.133. The molecule has 0 bridgehead atoms. The molecule has 1 rings (SSSR count). The third-order valence-electron chi connectivity index (χ3n) is 3.93. The van der Waals surface area contributed by atoms with Crippen LogP contribution in [0, 0.1) is 5.41 Å². The van der Waals surface area contributed by atoms with Crippen LogP contribution in [0.4, 0.5) is 4.79 Å². The first kappa shape index (κ1) is 16.7. The van der Waals surface area contributed by atoms with E-state index in [2.05, 4.69) is 10.6 Å². The number of rotatable bonds is 6. The molecule has 0 aliphatic carbocycles. The number of nitrogens with zero attached hydrogens (tertiary/aromatic N) is 1. The van der Waals surface area contributed by atoms with Crippen molar-refractivity contribution in [3.05, 3.63) is 0 Å². The Balaban J connectivity index is 2.40. The third kappa shape index (κ3) is 4.64. The first-order valence-corrected chi connectivity index (χ1v) is 6.87. The van der Waals surface area contributed by atoms with Crippen LogP contribution < -0.4 is 10.6 Å². The fourth-order valence-corrected chi connectivity index (χ4v) is 1.96. The Morgan fingerprint density at radius 2 is 1.90 bits per heavy atom. The van der Waals surface area contributed by atoms with Crippen molar-refractivity contribution in [3.8, 4) is 0 Å². The highest BCUT2D eigenvalue weighted by molar-refractivity contribution is 5.78. The highest BCUT2D eigenvalue weighted by Crippen LogP contribution is 2.29. The molecule has 2 amide bonds. The largest absolute Gasteiger partial charge is 0.481 e. The van der Waals surface area contributed by atoms with Crippen molar-refractivity contribution in [2.45, 2.75) is 25.8 Å². The number of hydrogen-bond donors (Lipinski definition) is 3. The maximum absolute atomic E-state index is 11.7. The van der Waals surface area contributed by atoms with E-state index < -0.39 is 11.4 Å². The minimum atomic E-state index is -0.900. The second-order valence-electron chi connectivity index (χ2n) is 5.57. The molecule has 1 saturated heterocycles. The average molecular weight is 287 g/mol. The molecule has 0 aromatic heterocycles. The molecule has 3 N–H and O–H groups in total. The Morgan fingerprint density at radius 1 is 1.30 bits per heavy atom. The van der Waals surface area contributed by atoms with Gasteiger partial charge in [0.15, 0.2) is 0 Å². The Morgan fingerprint density at radius 3 is 2.40 bits per heavy atom. The van der Waals surface area contributed by atoms with Crippen molar-refractivity contribution in [2.24, 2.45) is 5.41 Å². The SMILES string of the molecule is CC(CNC(=O)NCC1(C(=O)O)CCOCC1)N(C)C. The first-order valence-electron chi connectivity index (χ1n) is 6.87. The smallest absolute Gasteiger partial charge is 0.314 e. The zero-order chi connectivity index (χ0) is 15.2. The number of nitrogens with one attached hydrogen (secondary N) is 2. The lowest BCUT2D eigenvalue weighted by molar-refractivity contribution is -0.154. The molecule has 0 saturated carbocycles. The Hall–Kier alpha value is -1.34. The molecule has 1 fully saturated rings. The molecule has 1 aliphatic heterocycles. The lowest BCUT2D eigenvalue weighted by Crippen LogP contribution is -2.50. The molecule has 7 heteroatoms. The van der Waals surface area contributed by atoms with Gasteiger partial charge in [-0.15, -0.1) is 0 Å². The van der Waals surface area contributed by atoms with E-state index in [1.54, 1.807) is 0 Å². The topological polar surface area (TPSA) is 90.9 Å². The molecule has 0 radical (unpaired) electrons. The summed E-state index contributed by atoms with van der Waals surface area (Å²) >= 11 is 0. The van der Waals surface area contributed by atoms with Gasteiger partial charge in [-0.3, -0.25) is 4.79 Å². The van der Waals surface area contributed by atoms with Crippen molar-refractivity contribution in [1.82, 2.24) is 15.5 Å². The fourth-order valence-electron chi connectivity index (χ4n) is 1.96. The summed E-state index contributed by atoms with van der Waals surface area (Å²) in [5.74, 6) is -0.872. The molecule has 0 aromatic carbocycles. The molecule has 116 valence electrons. The Kier molecular flexibility index (Phi) is 6.22. The summed E-state index contributed by atoms with van der Waals surface area (Å²) < 4.78 is 5.19. The van der Waals surface area contributed by atoms with E-state index in [4.69, 9.17) is 4.74 Å². The molecule has 1 atom stereocenters. The second-order valence-corrected chi connectivity index (χ2v) is 5.57. The van der Waals surface area contributed by atoms with E-state index in [1.807, 2.05) is 25.9 Å². The summed E-state index contributed by atoms with van der Waals surface area (Å²) in [6.07, 6.45) is 0.855. The number of urea groups is 1. The predicted molar refractivity (Wildman–Crippen MR) is 74.7 cm³/mol. The summed E-state index contributed by atoms with van der Waals surface area (Å²) in [5.41, 5.74) is -0.900. The van der Waals surface area contributed by atoms with Gasteiger partial charge in [-0.05, 0) is 33.9 Å². The van der Waals surface area contributed by atoms with E-state index in [9.17, 15) is 14.7 Å². The number of carbonyl (C=O) groups is 2. The van der Waals surface area contributed by atoms with Crippen LogP contribution in [0.1, 0.15) is 19.8 Å². The van der Waals surface area contributed by atoms with Gasteiger partial charge in [0.1, 0.15) is 0 Å². The van der Waals surface area contributed by atoms with Crippen LogP contribution in [-0.4, -0.2) is 68.4 Å². The number of hydrogen-bond acceptors (Lipinski definition) is 4. The summed E-state index contributed by atoms with van der Waals surface area (Å²) in [5, 5.41) is 14.8. The van der Waals surface area contributed by atoms with Crippen molar-refractivity contribution in [2.75, 3.05) is 40.4 Å². The van der Waals surface area contributed by atoms with Crippen LogP contribution in [0.3, 0.4) is 0 Å². The van der Waals surface area contributed by atoms with E-state index >= 15 is 0 Å². The van der Waals surface area contributed by atoms with E-state index in [0.717, 1.165) is 0 Å². The lowest BCUT2D eigenvalue weighted by atomic mass is 9.80. The number of carbonyl (C=O) groups excluding carboxylic acids is 1. The molecule has 1 heterocycles. The number of carboxylic acids is 1. The van der Waals surface area contributed by atoms with Crippen LogP contribution >= 0.6 is 0 Å². The molecule has 0 aromatic rings. The quantitative estimate of drug-likeness (QED) is 0.645. The predicted octanol–water partition coefficient (Wildman–Crippen LogP) is 0.117.